The summed E-state index contributed by atoms with van der Waals surface area (Å²) in [7, 11) is 0. The van der Waals surface area contributed by atoms with Gasteiger partial charge in [0.05, 0.1) is 10.0 Å². The second-order valence-electron chi connectivity index (χ2n) is 7.16. The third-order valence-corrected chi connectivity index (χ3v) is 5.92. The summed E-state index contributed by atoms with van der Waals surface area (Å²) < 4.78 is 10.6. The molecule has 0 unspecified atom stereocenters. The van der Waals surface area contributed by atoms with Gasteiger partial charge in [-0.1, -0.05) is 29.3 Å². The second kappa shape index (κ2) is 8.98. The molecule has 2 aliphatic heterocycles. The number of nitrogens with zero attached hydrogens (tertiary/aromatic N) is 1. The van der Waals surface area contributed by atoms with E-state index in [0.29, 0.717) is 53.2 Å². The fourth-order valence-electron chi connectivity index (χ4n) is 3.47. The standard InChI is InChI=1S/C22H20Cl2N2O4/c23-17-4-1-14(11-18(17)24)2-6-21(27)26-9-7-15(8-10-26)22(28)25-16-3-5-19-20(12-16)30-13-29-19/h1-6,11-12,15H,7-10,13H2,(H,25,28)/b6-2+. The summed E-state index contributed by atoms with van der Waals surface area (Å²) >= 11 is 11.9. The number of nitrogens with one attached hydrogen (secondary N) is 1. The van der Waals surface area contributed by atoms with E-state index in [1.807, 2.05) is 0 Å². The van der Waals surface area contributed by atoms with Crippen LogP contribution in [0.1, 0.15) is 18.4 Å². The van der Waals surface area contributed by atoms with Crippen molar-refractivity contribution in [3.63, 3.8) is 0 Å². The van der Waals surface area contributed by atoms with Crippen LogP contribution in [0, 0.1) is 5.92 Å². The molecular weight excluding hydrogens is 427 g/mol. The lowest BCUT2D eigenvalue weighted by Gasteiger charge is -2.30. The maximum absolute atomic E-state index is 12.6. The largest absolute Gasteiger partial charge is 0.454 e. The maximum Gasteiger partial charge on any atom is 0.246 e. The molecule has 2 amide bonds. The van der Waals surface area contributed by atoms with E-state index in [2.05, 4.69) is 5.32 Å². The van der Waals surface area contributed by atoms with Crippen LogP contribution in [0.15, 0.2) is 42.5 Å². The van der Waals surface area contributed by atoms with Gasteiger partial charge in [0, 0.05) is 36.8 Å². The van der Waals surface area contributed by atoms with Crippen molar-refractivity contribution >= 4 is 46.8 Å². The fourth-order valence-corrected chi connectivity index (χ4v) is 3.78. The molecule has 0 bridgehead atoms. The van der Waals surface area contributed by atoms with E-state index in [0.717, 1.165) is 5.56 Å². The number of piperidine rings is 1. The van der Waals surface area contributed by atoms with E-state index in [9.17, 15) is 9.59 Å². The summed E-state index contributed by atoms with van der Waals surface area (Å²) in [5.74, 6) is 1.03. The molecule has 0 spiro atoms. The van der Waals surface area contributed by atoms with Crippen molar-refractivity contribution in [1.82, 2.24) is 4.90 Å². The summed E-state index contributed by atoms with van der Waals surface area (Å²) in [6.45, 7) is 1.26. The van der Waals surface area contributed by atoms with E-state index in [-0.39, 0.29) is 24.5 Å². The first-order valence-electron chi connectivity index (χ1n) is 9.62. The number of likely N-dealkylation sites (tertiary alicyclic amines) is 1. The van der Waals surface area contributed by atoms with Gasteiger partial charge in [-0.15, -0.1) is 0 Å². The fraction of sp³-hybridized carbons (Fsp3) is 0.273. The van der Waals surface area contributed by atoms with Gasteiger partial charge in [0.2, 0.25) is 18.6 Å². The zero-order valence-electron chi connectivity index (χ0n) is 16.1. The average Bonchev–Trinajstić information content (AvgIpc) is 3.22. The smallest absolute Gasteiger partial charge is 0.246 e. The predicted octanol–water partition coefficient (Wildman–Crippen LogP) is 4.61. The van der Waals surface area contributed by atoms with E-state index in [1.54, 1.807) is 47.4 Å². The average molecular weight is 447 g/mol. The van der Waals surface area contributed by atoms with Gasteiger partial charge in [0.25, 0.3) is 0 Å². The van der Waals surface area contributed by atoms with Gasteiger partial charge in [0.1, 0.15) is 0 Å². The lowest BCUT2D eigenvalue weighted by Crippen LogP contribution is -2.40. The predicted molar refractivity (Wildman–Crippen MR) is 116 cm³/mol. The Morgan fingerprint density at radius 1 is 1.00 bits per heavy atom. The Morgan fingerprint density at radius 2 is 1.77 bits per heavy atom. The highest BCUT2D eigenvalue weighted by Gasteiger charge is 2.27. The number of carbonyl (C=O) groups is 2. The summed E-state index contributed by atoms with van der Waals surface area (Å²) in [6.07, 6.45) is 4.46. The number of amides is 2. The number of rotatable bonds is 4. The number of ether oxygens (including phenoxy) is 2. The molecule has 2 aromatic carbocycles. The van der Waals surface area contributed by atoms with Crippen LogP contribution >= 0.6 is 23.2 Å². The Labute approximate surface area is 184 Å². The molecule has 156 valence electrons. The minimum Gasteiger partial charge on any atom is -0.454 e. The SMILES string of the molecule is O=C(Nc1ccc2c(c1)OCO2)C1CCN(C(=O)/C=C/c2ccc(Cl)c(Cl)c2)CC1. The Bertz CT molecular complexity index is 1000. The molecule has 1 fully saturated rings. The van der Waals surface area contributed by atoms with Crippen molar-refractivity contribution in [1.29, 1.82) is 0 Å². The third kappa shape index (κ3) is 4.71. The van der Waals surface area contributed by atoms with Gasteiger partial charge in [0.15, 0.2) is 11.5 Å². The summed E-state index contributed by atoms with van der Waals surface area (Å²) in [6, 6.07) is 10.5. The van der Waals surface area contributed by atoms with Gasteiger partial charge in [-0.25, -0.2) is 0 Å². The van der Waals surface area contributed by atoms with Crippen molar-refractivity contribution in [2.45, 2.75) is 12.8 Å². The molecule has 2 aliphatic rings. The molecule has 0 saturated carbocycles. The molecule has 2 heterocycles. The van der Waals surface area contributed by atoms with Crippen LogP contribution in [0.5, 0.6) is 11.5 Å². The number of fused-ring (bicyclic) bond motifs is 1. The number of carbonyl (C=O) groups excluding carboxylic acids is 2. The van der Waals surface area contributed by atoms with Crippen molar-refractivity contribution in [2.24, 2.45) is 5.92 Å². The highest BCUT2D eigenvalue weighted by Crippen LogP contribution is 2.34. The molecule has 30 heavy (non-hydrogen) atoms. The Hall–Kier alpha value is -2.70. The minimum atomic E-state index is -0.140. The molecule has 0 aliphatic carbocycles. The second-order valence-corrected chi connectivity index (χ2v) is 7.98. The quantitative estimate of drug-likeness (QED) is 0.696. The summed E-state index contributed by atoms with van der Waals surface area (Å²) in [5, 5.41) is 3.85. The van der Waals surface area contributed by atoms with E-state index in [4.69, 9.17) is 32.7 Å². The van der Waals surface area contributed by atoms with Gasteiger partial charge < -0.3 is 19.7 Å². The molecular formula is C22H20Cl2N2O4. The van der Waals surface area contributed by atoms with Gasteiger partial charge in [-0.05, 0) is 48.7 Å². The maximum atomic E-state index is 12.6. The lowest BCUT2D eigenvalue weighted by molar-refractivity contribution is -0.130. The lowest BCUT2D eigenvalue weighted by atomic mass is 9.95. The molecule has 1 N–H and O–H groups in total. The van der Waals surface area contributed by atoms with Crippen molar-refractivity contribution in [2.75, 3.05) is 25.2 Å². The van der Waals surface area contributed by atoms with Crippen LogP contribution in [-0.2, 0) is 9.59 Å². The highest BCUT2D eigenvalue weighted by molar-refractivity contribution is 6.42. The number of anilines is 1. The number of hydrogen-bond acceptors (Lipinski definition) is 4. The van der Waals surface area contributed by atoms with Crippen LogP contribution in [0.4, 0.5) is 5.69 Å². The van der Waals surface area contributed by atoms with Gasteiger partial charge in [-0.2, -0.15) is 0 Å². The van der Waals surface area contributed by atoms with E-state index in [1.165, 1.54) is 6.08 Å². The first kappa shape index (κ1) is 20.6. The normalized spacial score (nSPS) is 16.1. The van der Waals surface area contributed by atoms with Crippen molar-refractivity contribution in [3.05, 3.63) is 58.1 Å². The topological polar surface area (TPSA) is 67.9 Å². The molecule has 0 aromatic heterocycles. The van der Waals surface area contributed by atoms with Crippen molar-refractivity contribution in [3.8, 4) is 11.5 Å². The van der Waals surface area contributed by atoms with E-state index >= 15 is 0 Å². The number of benzene rings is 2. The molecule has 8 heteroatoms. The highest BCUT2D eigenvalue weighted by atomic mass is 35.5. The molecule has 2 aromatic rings. The Balaban J connectivity index is 1.28. The minimum absolute atomic E-state index is 0.0488. The third-order valence-electron chi connectivity index (χ3n) is 5.18. The van der Waals surface area contributed by atoms with Crippen LogP contribution < -0.4 is 14.8 Å². The van der Waals surface area contributed by atoms with Crippen LogP contribution in [0.25, 0.3) is 6.08 Å². The monoisotopic (exact) mass is 446 g/mol. The van der Waals surface area contributed by atoms with Gasteiger partial charge >= 0.3 is 0 Å². The van der Waals surface area contributed by atoms with Crippen LogP contribution in [0.3, 0.4) is 0 Å². The number of hydrogen-bond donors (Lipinski definition) is 1. The molecule has 6 nitrogen and oxygen atoms in total. The molecule has 4 rings (SSSR count). The summed E-state index contributed by atoms with van der Waals surface area (Å²) in [5.41, 5.74) is 1.48. The Morgan fingerprint density at radius 3 is 2.53 bits per heavy atom. The zero-order valence-corrected chi connectivity index (χ0v) is 17.6. The Kier molecular flexibility index (Phi) is 6.16. The van der Waals surface area contributed by atoms with Crippen molar-refractivity contribution < 1.29 is 19.1 Å². The molecule has 1 saturated heterocycles. The molecule has 0 atom stereocenters. The number of halogens is 2. The summed E-state index contributed by atoms with van der Waals surface area (Å²) in [4.78, 5) is 26.8. The van der Waals surface area contributed by atoms with E-state index < -0.39 is 0 Å². The van der Waals surface area contributed by atoms with Gasteiger partial charge in [-0.3, -0.25) is 9.59 Å². The first-order chi connectivity index (χ1) is 14.5. The molecule has 0 radical (unpaired) electrons. The zero-order chi connectivity index (χ0) is 21.1. The van der Waals surface area contributed by atoms with Crippen LogP contribution in [-0.4, -0.2) is 36.6 Å². The van der Waals surface area contributed by atoms with Crippen LogP contribution in [0.2, 0.25) is 10.0 Å². The first-order valence-corrected chi connectivity index (χ1v) is 10.4.